The van der Waals surface area contributed by atoms with Crippen LogP contribution in [0, 0.1) is 17.5 Å². The highest BCUT2D eigenvalue weighted by atomic mass is 19.1. The molecule has 0 fully saturated rings. The molecule has 5 heteroatoms. The maximum absolute atomic E-state index is 13.4. The molecule has 0 heterocycles. The molecule has 1 rings (SSSR count). The number of rotatable bonds is 7. The Balaban J connectivity index is 2.57. The Kier molecular flexibility index (Phi) is 6.31. The van der Waals surface area contributed by atoms with Crippen LogP contribution in [0.2, 0.25) is 0 Å². The smallest absolute Gasteiger partial charge is 0.133 e. The molecule has 0 aliphatic carbocycles. The first-order valence-corrected chi connectivity index (χ1v) is 6.57. The van der Waals surface area contributed by atoms with E-state index in [0.29, 0.717) is 12.1 Å². The van der Waals surface area contributed by atoms with Crippen molar-refractivity contribution in [3.8, 4) is 0 Å². The summed E-state index contributed by atoms with van der Waals surface area (Å²) in [5.41, 5.74) is -0.118. The molecule has 1 aromatic carbocycles. The molecule has 108 valence electrons. The summed E-state index contributed by atoms with van der Waals surface area (Å²) in [4.78, 5) is 2.22. The average Bonchev–Trinajstić information content (AvgIpc) is 2.34. The zero-order chi connectivity index (χ0) is 14.4. The topological polar surface area (TPSA) is 15.3 Å². The predicted octanol–water partition coefficient (Wildman–Crippen LogP) is 2.92. The molecule has 0 amide bonds. The summed E-state index contributed by atoms with van der Waals surface area (Å²) >= 11 is 0. The van der Waals surface area contributed by atoms with Gasteiger partial charge in [0.2, 0.25) is 0 Å². The first kappa shape index (κ1) is 16.0. The van der Waals surface area contributed by atoms with Gasteiger partial charge in [0.25, 0.3) is 0 Å². The highest BCUT2D eigenvalue weighted by Crippen LogP contribution is 2.14. The average molecular weight is 274 g/mol. The summed E-state index contributed by atoms with van der Waals surface area (Å²) in [6.07, 6.45) is 0. The van der Waals surface area contributed by atoms with Crippen LogP contribution in [-0.2, 0) is 6.54 Å². The molecule has 0 aliphatic heterocycles. The van der Waals surface area contributed by atoms with Gasteiger partial charge < -0.3 is 10.2 Å². The largest absolute Gasteiger partial charge is 0.309 e. The second-order valence-electron chi connectivity index (χ2n) is 4.62. The van der Waals surface area contributed by atoms with Gasteiger partial charge in [0.1, 0.15) is 17.5 Å². The Labute approximate surface area is 112 Å². The predicted molar refractivity (Wildman–Crippen MR) is 70.4 cm³/mol. The third-order valence-electron chi connectivity index (χ3n) is 3.16. The number of hydrogen-bond acceptors (Lipinski definition) is 2. The van der Waals surface area contributed by atoms with Gasteiger partial charge in [0, 0.05) is 36.8 Å². The fourth-order valence-corrected chi connectivity index (χ4v) is 1.95. The van der Waals surface area contributed by atoms with Gasteiger partial charge in [-0.2, -0.15) is 0 Å². The summed E-state index contributed by atoms with van der Waals surface area (Å²) in [5, 5.41) is 3.06. The van der Waals surface area contributed by atoms with Crippen molar-refractivity contribution in [2.24, 2.45) is 0 Å². The van der Waals surface area contributed by atoms with Crippen molar-refractivity contribution in [2.75, 3.05) is 19.6 Å². The van der Waals surface area contributed by atoms with Crippen LogP contribution in [0.5, 0.6) is 0 Å². The van der Waals surface area contributed by atoms with Crippen LogP contribution in [0.15, 0.2) is 12.1 Å². The Morgan fingerprint density at radius 2 is 1.63 bits per heavy atom. The molecule has 1 N–H and O–H groups in total. The van der Waals surface area contributed by atoms with Gasteiger partial charge in [-0.15, -0.1) is 0 Å². The Bertz CT molecular complexity index is 383. The molecule has 0 saturated heterocycles. The van der Waals surface area contributed by atoms with Crippen LogP contribution in [0.1, 0.15) is 26.3 Å². The molecule has 1 aromatic rings. The number of hydrogen-bond donors (Lipinski definition) is 1. The van der Waals surface area contributed by atoms with Crippen LogP contribution < -0.4 is 5.32 Å². The van der Waals surface area contributed by atoms with Gasteiger partial charge in [-0.1, -0.05) is 13.8 Å². The number of nitrogens with one attached hydrogen (secondary N) is 1. The lowest BCUT2D eigenvalue weighted by Gasteiger charge is -2.23. The Morgan fingerprint density at radius 3 is 2.11 bits per heavy atom. The fourth-order valence-electron chi connectivity index (χ4n) is 1.95. The van der Waals surface area contributed by atoms with E-state index in [1.807, 2.05) is 6.92 Å². The number of likely N-dealkylation sites (N-methyl/N-ethyl adjacent to an activating group) is 1. The van der Waals surface area contributed by atoms with E-state index in [1.54, 1.807) is 0 Å². The maximum atomic E-state index is 13.4. The standard InChI is InChI=1S/C14H21F3N2/c1-4-19(5-2)9-10(3)18-8-12-13(16)6-11(15)7-14(12)17/h6-7,10,18H,4-5,8-9H2,1-3H3. The van der Waals surface area contributed by atoms with E-state index >= 15 is 0 Å². The summed E-state index contributed by atoms with van der Waals surface area (Å²) in [7, 11) is 0. The highest BCUT2D eigenvalue weighted by Gasteiger charge is 2.13. The summed E-state index contributed by atoms with van der Waals surface area (Å²) in [6.45, 7) is 8.81. The quantitative estimate of drug-likeness (QED) is 0.822. The van der Waals surface area contributed by atoms with E-state index < -0.39 is 17.5 Å². The van der Waals surface area contributed by atoms with Crippen LogP contribution in [0.4, 0.5) is 13.2 Å². The van der Waals surface area contributed by atoms with Crippen molar-refractivity contribution >= 4 is 0 Å². The summed E-state index contributed by atoms with van der Waals surface area (Å²) in [5.74, 6) is -2.59. The first-order valence-electron chi connectivity index (χ1n) is 6.57. The van der Waals surface area contributed by atoms with Crippen molar-refractivity contribution in [3.05, 3.63) is 35.1 Å². The Hall–Kier alpha value is -1.07. The Morgan fingerprint density at radius 1 is 1.11 bits per heavy atom. The highest BCUT2D eigenvalue weighted by molar-refractivity contribution is 5.20. The zero-order valence-corrected chi connectivity index (χ0v) is 11.6. The molecular weight excluding hydrogens is 253 g/mol. The van der Waals surface area contributed by atoms with E-state index in [1.165, 1.54) is 0 Å². The minimum atomic E-state index is -0.894. The normalized spacial score (nSPS) is 13.0. The van der Waals surface area contributed by atoms with E-state index in [2.05, 4.69) is 24.1 Å². The molecular formula is C14H21F3N2. The van der Waals surface area contributed by atoms with Crippen LogP contribution >= 0.6 is 0 Å². The lowest BCUT2D eigenvalue weighted by molar-refractivity contribution is 0.270. The van der Waals surface area contributed by atoms with Gasteiger partial charge in [-0.05, 0) is 20.0 Å². The van der Waals surface area contributed by atoms with Gasteiger partial charge in [0.15, 0.2) is 0 Å². The molecule has 0 bridgehead atoms. The molecule has 1 atom stereocenters. The molecule has 2 nitrogen and oxygen atoms in total. The van der Waals surface area contributed by atoms with Crippen molar-refractivity contribution < 1.29 is 13.2 Å². The van der Waals surface area contributed by atoms with E-state index in [4.69, 9.17) is 0 Å². The molecule has 0 radical (unpaired) electrons. The number of benzene rings is 1. The molecule has 0 saturated carbocycles. The molecule has 19 heavy (non-hydrogen) atoms. The minimum absolute atomic E-state index is 0.0559. The maximum Gasteiger partial charge on any atom is 0.133 e. The van der Waals surface area contributed by atoms with Gasteiger partial charge >= 0.3 is 0 Å². The lowest BCUT2D eigenvalue weighted by Crippen LogP contribution is -2.39. The van der Waals surface area contributed by atoms with Gasteiger partial charge in [0.05, 0.1) is 0 Å². The minimum Gasteiger partial charge on any atom is -0.309 e. The zero-order valence-electron chi connectivity index (χ0n) is 11.6. The second-order valence-corrected chi connectivity index (χ2v) is 4.62. The van der Waals surface area contributed by atoms with Crippen molar-refractivity contribution in [2.45, 2.75) is 33.4 Å². The molecule has 0 spiro atoms. The van der Waals surface area contributed by atoms with Crippen molar-refractivity contribution in [3.63, 3.8) is 0 Å². The van der Waals surface area contributed by atoms with E-state index in [9.17, 15) is 13.2 Å². The lowest BCUT2D eigenvalue weighted by atomic mass is 10.1. The fraction of sp³-hybridized carbons (Fsp3) is 0.571. The van der Waals surface area contributed by atoms with Gasteiger partial charge in [-0.25, -0.2) is 13.2 Å². The molecule has 0 aliphatic rings. The molecule has 0 aromatic heterocycles. The summed E-state index contributed by atoms with van der Waals surface area (Å²) in [6, 6.07) is 1.51. The number of halogens is 3. The van der Waals surface area contributed by atoms with Crippen molar-refractivity contribution in [1.82, 2.24) is 10.2 Å². The monoisotopic (exact) mass is 274 g/mol. The van der Waals surface area contributed by atoms with Crippen LogP contribution in [-0.4, -0.2) is 30.6 Å². The van der Waals surface area contributed by atoms with E-state index in [-0.39, 0.29) is 18.2 Å². The van der Waals surface area contributed by atoms with Gasteiger partial charge in [-0.3, -0.25) is 0 Å². The van der Waals surface area contributed by atoms with Crippen molar-refractivity contribution in [1.29, 1.82) is 0 Å². The van der Waals surface area contributed by atoms with E-state index in [0.717, 1.165) is 19.6 Å². The first-order chi connectivity index (χ1) is 8.97. The second kappa shape index (κ2) is 7.50. The SMILES string of the molecule is CCN(CC)CC(C)NCc1c(F)cc(F)cc1F. The summed E-state index contributed by atoms with van der Waals surface area (Å²) < 4.78 is 39.6. The third-order valence-corrected chi connectivity index (χ3v) is 3.16. The number of nitrogens with zero attached hydrogens (tertiary/aromatic N) is 1. The van der Waals surface area contributed by atoms with Crippen LogP contribution in [0.3, 0.4) is 0 Å². The van der Waals surface area contributed by atoms with Crippen LogP contribution in [0.25, 0.3) is 0 Å². The third kappa shape index (κ3) is 4.84. The molecule has 1 unspecified atom stereocenters.